The first-order valence-corrected chi connectivity index (χ1v) is 8.01. The second-order valence-corrected chi connectivity index (χ2v) is 6.12. The lowest BCUT2D eigenvalue weighted by Crippen LogP contribution is -1.93. The van der Waals surface area contributed by atoms with Gasteiger partial charge >= 0.3 is 0 Å². The number of carbonyl (C=O) groups excluding carboxylic acids is 1. The number of benzene rings is 2. The van der Waals surface area contributed by atoms with Gasteiger partial charge in [0.1, 0.15) is 5.82 Å². The van der Waals surface area contributed by atoms with E-state index in [4.69, 9.17) is 0 Å². The van der Waals surface area contributed by atoms with E-state index in [1.54, 1.807) is 38.1 Å². The van der Waals surface area contributed by atoms with Gasteiger partial charge in [0.15, 0.2) is 10.9 Å². The fourth-order valence-electron chi connectivity index (χ4n) is 2.18. The van der Waals surface area contributed by atoms with Crippen molar-refractivity contribution in [1.29, 1.82) is 0 Å². The van der Waals surface area contributed by atoms with Crippen molar-refractivity contribution in [2.24, 2.45) is 0 Å². The predicted molar refractivity (Wildman–Crippen MR) is 92.0 cm³/mol. The fourth-order valence-corrected chi connectivity index (χ4v) is 2.92. The minimum absolute atomic E-state index is 0.0414. The molecule has 0 fully saturated rings. The molecule has 0 amide bonds. The summed E-state index contributed by atoms with van der Waals surface area (Å²) in [4.78, 5) is 15.8. The van der Waals surface area contributed by atoms with Crippen molar-refractivity contribution in [2.45, 2.75) is 13.8 Å². The Morgan fingerprint density at radius 1 is 1.17 bits per heavy atom. The Hall–Kier alpha value is -2.53. The summed E-state index contributed by atoms with van der Waals surface area (Å²) in [5, 5.41) is 5.89. The number of hydrogen-bond donors (Lipinski definition) is 1. The number of thiazole rings is 1. The summed E-state index contributed by atoms with van der Waals surface area (Å²) in [5.41, 5.74) is 3.84. The van der Waals surface area contributed by atoms with E-state index in [0.29, 0.717) is 11.1 Å². The van der Waals surface area contributed by atoms with Gasteiger partial charge in [-0.2, -0.15) is 0 Å². The van der Waals surface area contributed by atoms with E-state index in [1.807, 2.05) is 17.5 Å². The highest BCUT2D eigenvalue weighted by molar-refractivity contribution is 7.14. The maximum atomic E-state index is 13.3. The van der Waals surface area contributed by atoms with Crippen LogP contribution in [0.5, 0.6) is 0 Å². The van der Waals surface area contributed by atoms with Crippen molar-refractivity contribution in [3.63, 3.8) is 0 Å². The maximum absolute atomic E-state index is 13.3. The minimum Gasteiger partial charge on any atom is -0.332 e. The molecule has 5 heteroatoms. The highest BCUT2D eigenvalue weighted by atomic mass is 32.1. The smallest absolute Gasteiger partial charge is 0.187 e. The predicted octanol–water partition coefficient (Wildman–Crippen LogP) is 5.20. The first kappa shape index (κ1) is 15.4. The van der Waals surface area contributed by atoms with Crippen LogP contribution in [0.2, 0.25) is 0 Å². The summed E-state index contributed by atoms with van der Waals surface area (Å²) in [6.45, 7) is 3.28. The van der Waals surface area contributed by atoms with E-state index in [0.717, 1.165) is 22.1 Å². The van der Waals surface area contributed by atoms with Gasteiger partial charge in [-0.1, -0.05) is 0 Å². The zero-order valence-electron chi connectivity index (χ0n) is 12.8. The van der Waals surface area contributed by atoms with E-state index in [2.05, 4.69) is 10.3 Å². The number of anilines is 2. The van der Waals surface area contributed by atoms with E-state index in [1.165, 1.54) is 17.4 Å². The number of aromatic nitrogens is 1. The summed E-state index contributed by atoms with van der Waals surface area (Å²) in [6, 6.07) is 12.2. The van der Waals surface area contributed by atoms with E-state index >= 15 is 0 Å². The van der Waals surface area contributed by atoms with Crippen LogP contribution in [0.15, 0.2) is 47.8 Å². The van der Waals surface area contributed by atoms with E-state index in [9.17, 15) is 9.18 Å². The van der Waals surface area contributed by atoms with Gasteiger partial charge in [-0.3, -0.25) is 4.79 Å². The average Bonchev–Trinajstić information content (AvgIpc) is 2.99. The number of carbonyl (C=O) groups is 1. The van der Waals surface area contributed by atoms with Gasteiger partial charge in [0.05, 0.1) is 5.69 Å². The van der Waals surface area contributed by atoms with Gasteiger partial charge in [0.25, 0.3) is 0 Å². The van der Waals surface area contributed by atoms with Crippen LogP contribution >= 0.6 is 11.3 Å². The quantitative estimate of drug-likeness (QED) is 0.670. The van der Waals surface area contributed by atoms with Gasteiger partial charge in [0, 0.05) is 22.2 Å². The number of nitrogens with one attached hydrogen (secondary N) is 1. The molecule has 0 aliphatic carbocycles. The van der Waals surface area contributed by atoms with Crippen molar-refractivity contribution in [3.05, 3.63) is 64.8 Å². The molecule has 116 valence electrons. The molecule has 0 unspecified atom stereocenters. The summed E-state index contributed by atoms with van der Waals surface area (Å²) in [5.74, 6) is -0.173. The Balaban J connectivity index is 1.79. The largest absolute Gasteiger partial charge is 0.332 e. The molecular formula is C18H15FN2OS. The van der Waals surface area contributed by atoms with Gasteiger partial charge < -0.3 is 5.32 Å². The number of hydrogen-bond acceptors (Lipinski definition) is 4. The fraction of sp³-hybridized carbons (Fsp3) is 0.111. The Labute approximate surface area is 137 Å². The summed E-state index contributed by atoms with van der Waals surface area (Å²) >= 11 is 1.48. The van der Waals surface area contributed by atoms with Crippen LogP contribution in [0.3, 0.4) is 0 Å². The Morgan fingerprint density at radius 2 is 1.91 bits per heavy atom. The maximum Gasteiger partial charge on any atom is 0.187 e. The summed E-state index contributed by atoms with van der Waals surface area (Å²) in [7, 11) is 0. The molecule has 1 aromatic heterocycles. The van der Waals surface area contributed by atoms with E-state index in [-0.39, 0.29) is 11.6 Å². The van der Waals surface area contributed by atoms with Crippen LogP contribution in [0.25, 0.3) is 11.3 Å². The Bertz CT molecular complexity index is 856. The topological polar surface area (TPSA) is 42.0 Å². The molecule has 2 aromatic carbocycles. The second kappa shape index (κ2) is 6.30. The molecule has 0 aliphatic rings. The third kappa shape index (κ3) is 3.46. The monoisotopic (exact) mass is 326 g/mol. The molecular weight excluding hydrogens is 311 g/mol. The van der Waals surface area contributed by atoms with Crippen molar-refractivity contribution in [1.82, 2.24) is 4.98 Å². The second-order valence-electron chi connectivity index (χ2n) is 5.26. The van der Waals surface area contributed by atoms with Crippen molar-refractivity contribution in [2.75, 3.05) is 5.32 Å². The highest BCUT2D eigenvalue weighted by Gasteiger charge is 2.07. The molecule has 23 heavy (non-hydrogen) atoms. The number of ketones is 1. The SMILES string of the molecule is CC(=O)c1ccc(Nc2nc(-c3ccc(F)c(C)c3)cs2)cc1. The molecule has 0 bridgehead atoms. The van der Waals surface area contributed by atoms with Gasteiger partial charge in [-0.05, 0) is 61.9 Å². The number of aryl methyl sites for hydroxylation is 1. The van der Waals surface area contributed by atoms with Crippen LogP contribution in [0.1, 0.15) is 22.8 Å². The molecule has 1 N–H and O–H groups in total. The Morgan fingerprint density at radius 3 is 2.57 bits per heavy atom. The third-order valence-corrected chi connectivity index (χ3v) is 4.26. The van der Waals surface area contributed by atoms with E-state index < -0.39 is 0 Å². The molecule has 0 radical (unpaired) electrons. The molecule has 0 spiro atoms. The minimum atomic E-state index is -0.215. The molecule has 3 rings (SSSR count). The third-order valence-electron chi connectivity index (χ3n) is 3.50. The van der Waals surface area contributed by atoms with Crippen LogP contribution in [-0.4, -0.2) is 10.8 Å². The highest BCUT2D eigenvalue weighted by Crippen LogP contribution is 2.28. The molecule has 1 heterocycles. The molecule has 3 nitrogen and oxygen atoms in total. The van der Waals surface area contributed by atoms with Crippen molar-refractivity contribution in [3.8, 4) is 11.3 Å². The first-order valence-electron chi connectivity index (χ1n) is 7.13. The van der Waals surface area contributed by atoms with Crippen LogP contribution in [0.4, 0.5) is 15.2 Å². The lowest BCUT2D eigenvalue weighted by atomic mass is 10.1. The number of rotatable bonds is 4. The lowest BCUT2D eigenvalue weighted by Gasteiger charge is -2.03. The number of nitrogens with zero attached hydrogens (tertiary/aromatic N) is 1. The van der Waals surface area contributed by atoms with Crippen LogP contribution in [0, 0.1) is 12.7 Å². The molecule has 0 aliphatic heterocycles. The number of Topliss-reactive ketones (excluding diaryl/α,β-unsaturated/α-hetero) is 1. The standard InChI is InChI=1S/C18H15FN2OS/c1-11-9-14(5-8-16(11)19)17-10-23-18(21-17)20-15-6-3-13(4-7-15)12(2)22/h3-10H,1-2H3,(H,20,21). The molecule has 3 aromatic rings. The zero-order valence-corrected chi connectivity index (χ0v) is 13.6. The van der Waals surface area contributed by atoms with Crippen molar-refractivity contribution < 1.29 is 9.18 Å². The zero-order chi connectivity index (χ0) is 16.4. The normalized spacial score (nSPS) is 10.6. The molecule has 0 atom stereocenters. The summed E-state index contributed by atoms with van der Waals surface area (Å²) < 4.78 is 13.3. The van der Waals surface area contributed by atoms with Gasteiger partial charge in [0.2, 0.25) is 0 Å². The molecule has 0 saturated carbocycles. The summed E-state index contributed by atoms with van der Waals surface area (Å²) in [6.07, 6.45) is 0. The number of halogens is 1. The van der Waals surface area contributed by atoms with Gasteiger partial charge in [-0.25, -0.2) is 9.37 Å². The average molecular weight is 326 g/mol. The Kier molecular flexibility index (Phi) is 4.21. The van der Waals surface area contributed by atoms with Crippen LogP contribution in [-0.2, 0) is 0 Å². The lowest BCUT2D eigenvalue weighted by molar-refractivity contribution is 0.101. The van der Waals surface area contributed by atoms with Gasteiger partial charge in [-0.15, -0.1) is 11.3 Å². The molecule has 0 saturated heterocycles. The van der Waals surface area contributed by atoms with Crippen LogP contribution < -0.4 is 5.32 Å². The first-order chi connectivity index (χ1) is 11.0. The van der Waals surface area contributed by atoms with Crippen molar-refractivity contribution >= 4 is 27.9 Å².